The number of carbonyl (C=O) groups excluding carboxylic acids is 2. The lowest BCUT2D eigenvalue weighted by Gasteiger charge is -2.28. The molecule has 0 radical (unpaired) electrons. The van der Waals surface area contributed by atoms with Crippen molar-refractivity contribution in [2.24, 2.45) is 0 Å². The lowest BCUT2D eigenvalue weighted by atomic mass is 9.77. The smallest absolute Gasteiger partial charge is 0.120 e. The van der Waals surface area contributed by atoms with Crippen LogP contribution in [0.15, 0.2) is 12.1 Å². The Morgan fingerprint density at radius 2 is 1.15 bits per heavy atom. The minimum atomic E-state index is -0.559. The number of aromatic hydroxyl groups is 2. The first-order chi connectivity index (χ1) is 9.15. The fraction of sp³-hybridized carbons (Fsp3) is 0.500. The first-order valence-corrected chi connectivity index (χ1v) is 6.60. The molecule has 0 aliphatic heterocycles. The Balaban J connectivity index is 3.35. The molecular formula is C16H22O4. The SMILES string of the molecule is CC(C)(CC=O)c1cc(O)c(C(C)(C)CC=O)cc1O. The minimum Gasteiger partial charge on any atom is -0.508 e. The maximum Gasteiger partial charge on any atom is 0.120 e. The van der Waals surface area contributed by atoms with Crippen LogP contribution in [0.25, 0.3) is 0 Å². The van der Waals surface area contributed by atoms with Gasteiger partial charge in [0.2, 0.25) is 0 Å². The summed E-state index contributed by atoms with van der Waals surface area (Å²) in [5.41, 5.74) is -0.0756. The van der Waals surface area contributed by atoms with E-state index in [9.17, 15) is 19.8 Å². The summed E-state index contributed by atoms with van der Waals surface area (Å²) in [7, 11) is 0. The Labute approximate surface area is 119 Å². The summed E-state index contributed by atoms with van der Waals surface area (Å²) in [6, 6.07) is 2.97. The lowest BCUT2D eigenvalue weighted by Crippen LogP contribution is -2.21. The van der Waals surface area contributed by atoms with Gasteiger partial charge in [0.05, 0.1) is 0 Å². The standard InChI is InChI=1S/C16H22O4/c1-15(2,5-7-17)11-9-14(20)12(10-13(11)19)16(3,4)6-8-18/h7-10,19-20H,5-6H2,1-4H3. The van der Waals surface area contributed by atoms with Gasteiger partial charge in [0.1, 0.15) is 24.1 Å². The highest BCUT2D eigenvalue weighted by Gasteiger charge is 2.29. The van der Waals surface area contributed by atoms with E-state index < -0.39 is 10.8 Å². The maximum atomic E-state index is 10.7. The van der Waals surface area contributed by atoms with Gasteiger partial charge >= 0.3 is 0 Å². The van der Waals surface area contributed by atoms with Gasteiger partial charge in [-0.1, -0.05) is 27.7 Å². The second-order valence-corrected chi connectivity index (χ2v) is 6.40. The monoisotopic (exact) mass is 278 g/mol. The average Bonchev–Trinajstić information content (AvgIpc) is 2.31. The fourth-order valence-corrected chi connectivity index (χ4v) is 2.30. The summed E-state index contributed by atoms with van der Waals surface area (Å²) in [6.45, 7) is 7.30. The molecule has 0 aromatic heterocycles. The van der Waals surface area contributed by atoms with Gasteiger partial charge in [0, 0.05) is 34.8 Å². The predicted octanol–water partition coefficient (Wildman–Crippen LogP) is 2.83. The summed E-state index contributed by atoms with van der Waals surface area (Å²) < 4.78 is 0. The van der Waals surface area contributed by atoms with Gasteiger partial charge in [-0.15, -0.1) is 0 Å². The van der Waals surface area contributed by atoms with Crippen LogP contribution in [-0.2, 0) is 20.4 Å². The molecule has 110 valence electrons. The second kappa shape index (κ2) is 5.65. The van der Waals surface area contributed by atoms with E-state index in [1.807, 2.05) is 27.7 Å². The molecule has 1 aromatic carbocycles. The maximum absolute atomic E-state index is 10.7. The predicted molar refractivity (Wildman–Crippen MR) is 77.2 cm³/mol. The first-order valence-electron chi connectivity index (χ1n) is 6.60. The molecule has 0 atom stereocenters. The fourth-order valence-electron chi connectivity index (χ4n) is 2.30. The Kier molecular flexibility index (Phi) is 4.58. The van der Waals surface area contributed by atoms with Gasteiger partial charge in [-0.05, 0) is 12.1 Å². The molecular weight excluding hydrogens is 256 g/mol. The summed E-state index contributed by atoms with van der Waals surface area (Å²) in [5, 5.41) is 20.4. The number of aldehydes is 2. The van der Waals surface area contributed by atoms with Crippen LogP contribution < -0.4 is 0 Å². The molecule has 0 bridgehead atoms. The number of rotatable bonds is 6. The third kappa shape index (κ3) is 3.18. The molecule has 0 saturated carbocycles. The lowest BCUT2D eigenvalue weighted by molar-refractivity contribution is -0.109. The molecule has 0 heterocycles. The van der Waals surface area contributed by atoms with Crippen molar-refractivity contribution < 1.29 is 19.8 Å². The molecule has 20 heavy (non-hydrogen) atoms. The number of carbonyl (C=O) groups is 2. The quantitative estimate of drug-likeness (QED) is 0.620. The molecule has 0 aliphatic carbocycles. The molecule has 4 nitrogen and oxygen atoms in total. The van der Waals surface area contributed by atoms with E-state index in [1.54, 1.807) is 0 Å². The number of phenols is 2. The molecule has 0 aliphatic rings. The van der Waals surface area contributed by atoms with Crippen LogP contribution in [0.5, 0.6) is 11.5 Å². The summed E-state index contributed by atoms with van der Waals surface area (Å²) in [5.74, 6) is 0.0623. The van der Waals surface area contributed by atoms with E-state index in [0.29, 0.717) is 11.1 Å². The van der Waals surface area contributed by atoms with Crippen molar-refractivity contribution in [2.45, 2.75) is 51.4 Å². The Bertz CT molecular complexity index is 468. The number of phenolic OH excluding ortho intramolecular Hbond substituents is 2. The highest BCUT2D eigenvalue weighted by atomic mass is 16.3. The van der Waals surface area contributed by atoms with Crippen molar-refractivity contribution in [3.8, 4) is 11.5 Å². The van der Waals surface area contributed by atoms with Gasteiger partial charge in [0.15, 0.2) is 0 Å². The minimum absolute atomic E-state index is 0.0311. The molecule has 2 N–H and O–H groups in total. The van der Waals surface area contributed by atoms with Crippen LogP contribution in [0.1, 0.15) is 51.7 Å². The van der Waals surface area contributed by atoms with E-state index in [0.717, 1.165) is 12.6 Å². The van der Waals surface area contributed by atoms with Crippen molar-refractivity contribution in [1.82, 2.24) is 0 Å². The third-order valence-electron chi connectivity index (χ3n) is 3.76. The molecule has 1 rings (SSSR count). The van der Waals surface area contributed by atoms with Crippen molar-refractivity contribution in [3.05, 3.63) is 23.3 Å². The molecule has 4 heteroatoms. The first kappa shape index (κ1) is 16.2. The zero-order valence-electron chi connectivity index (χ0n) is 12.4. The number of benzene rings is 1. The Morgan fingerprint density at radius 3 is 1.40 bits per heavy atom. The second-order valence-electron chi connectivity index (χ2n) is 6.40. The normalized spacial score (nSPS) is 12.2. The van der Waals surface area contributed by atoms with Gasteiger partial charge in [-0.3, -0.25) is 0 Å². The van der Waals surface area contributed by atoms with Gasteiger partial charge in [0.25, 0.3) is 0 Å². The molecule has 0 saturated heterocycles. The van der Waals surface area contributed by atoms with E-state index in [4.69, 9.17) is 0 Å². The topological polar surface area (TPSA) is 74.6 Å². The summed E-state index contributed by atoms with van der Waals surface area (Å²) in [6.07, 6.45) is 2.08. The molecule has 0 amide bonds. The van der Waals surface area contributed by atoms with Gasteiger partial charge < -0.3 is 19.8 Å². The van der Waals surface area contributed by atoms with Gasteiger partial charge in [-0.2, -0.15) is 0 Å². The molecule has 0 spiro atoms. The van der Waals surface area contributed by atoms with Crippen molar-refractivity contribution in [2.75, 3.05) is 0 Å². The van der Waals surface area contributed by atoms with Crippen LogP contribution >= 0.6 is 0 Å². The van der Waals surface area contributed by atoms with Crippen LogP contribution in [0.4, 0.5) is 0 Å². The molecule has 0 unspecified atom stereocenters. The van der Waals surface area contributed by atoms with Crippen LogP contribution in [0, 0.1) is 0 Å². The zero-order valence-corrected chi connectivity index (χ0v) is 12.4. The van der Waals surface area contributed by atoms with E-state index in [1.165, 1.54) is 12.1 Å². The van der Waals surface area contributed by atoms with E-state index in [2.05, 4.69) is 0 Å². The average molecular weight is 278 g/mol. The van der Waals surface area contributed by atoms with E-state index in [-0.39, 0.29) is 24.3 Å². The highest BCUT2D eigenvalue weighted by Crippen LogP contribution is 2.41. The summed E-state index contributed by atoms with van der Waals surface area (Å²) >= 11 is 0. The Morgan fingerprint density at radius 1 is 0.850 bits per heavy atom. The van der Waals surface area contributed by atoms with E-state index >= 15 is 0 Å². The number of hydrogen-bond donors (Lipinski definition) is 2. The summed E-state index contributed by atoms with van der Waals surface area (Å²) in [4.78, 5) is 21.4. The zero-order chi connectivity index (χ0) is 15.6. The Hall–Kier alpha value is -1.84. The molecule has 0 fully saturated rings. The molecule has 1 aromatic rings. The van der Waals surface area contributed by atoms with Gasteiger partial charge in [-0.25, -0.2) is 0 Å². The number of hydrogen-bond acceptors (Lipinski definition) is 4. The van der Waals surface area contributed by atoms with Crippen LogP contribution in [-0.4, -0.2) is 22.8 Å². The largest absolute Gasteiger partial charge is 0.508 e. The van der Waals surface area contributed by atoms with Crippen molar-refractivity contribution in [3.63, 3.8) is 0 Å². The van der Waals surface area contributed by atoms with Crippen molar-refractivity contribution in [1.29, 1.82) is 0 Å². The van der Waals surface area contributed by atoms with Crippen LogP contribution in [0.2, 0.25) is 0 Å². The van der Waals surface area contributed by atoms with Crippen molar-refractivity contribution >= 4 is 12.6 Å². The highest BCUT2D eigenvalue weighted by molar-refractivity contribution is 5.59. The third-order valence-corrected chi connectivity index (χ3v) is 3.76. The van der Waals surface area contributed by atoms with Crippen LogP contribution in [0.3, 0.4) is 0 Å².